The number of unbranched alkanes of at least 4 members (excludes halogenated alkanes) is 1. The minimum absolute atomic E-state index is 0. The molecule has 28 heavy (non-hydrogen) atoms. The van der Waals surface area contributed by atoms with Crippen LogP contribution in [0.2, 0.25) is 0 Å². The van der Waals surface area contributed by atoms with Crippen LogP contribution in [0.25, 0.3) is 0 Å². The van der Waals surface area contributed by atoms with Gasteiger partial charge in [0.1, 0.15) is 24.6 Å². The van der Waals surface area contributed by atoms with Crippen LogP contribution in [0, 0.1) is 5.92 Å². The van der Waals surface area contributed by atoms with Gasteiger partial charge in [0.25, 0.3) is 0 Å². The first-order chi connectivity index (χ1) is 13.1. The second-order valence-electron chi connectivity index (χ2n) is 8.84. The molecule has 0 radical (unpaired) electrons. The summed E-state index contributed by atoms with van der Waals surface area (Å²) in [5, 5.41) is 14.0. The van der Waals surface area contributed by atoms with E-state index in [9.17, 15) is 9.90 Å². The van der Waals surface area contributed by atoms with Crippen molar-refractivity contribution >= 4 is 12.0 Å². The fraction of sp³-hybridized carbons (Fsp3) is 0.522. The highest BCUT2D eigenvalue weighted by Crippen LogP contribution is 2.64. The van der Waals surface area contributed by atoms with Crippen LogP contribution >= 0.6 is 0 Å². The summed E-state index contributed by atoms with van der Waals surface area (Å²) >= 11 is 0. The second-order valence-corrected chi connectivity index (χ2v) is 8.84. The molecule has 1 aromatic carbocycles. The molecule has 5 rings (SSSR count). The molecule has 0 saturated carbocycles. The summed E-state index contributed by atoms with van der Waals surface area (Å²) < 4.78 is 1.15. The lowest BCUT2D eigenvalue weighted by Gasteiger charge is -2.53. The molecule has 0 amide bonds. The third kappa shape index (κ3) is 2.29. The molecule has 2 N–H and O–H groups in total. The zero-order valence-corrected chi connectivity index (χ0v) is 18.8. The Morgan fingerprint density at radius 2 is 2.21 bits per heavy atom. The molecule has 1 aromatic rings. The number of fused-ring (bicyclic) bond motifs is 2. The van der Waals surface area contributed by atoms with E-state index >= 15 is 0 Å². The van der Waals surface area contributed by atoms with Crippen molar-refractivity contribution in [3.05, 3.63) is 46.7 Å². The number of phenols is 1. The molecule has 2 saturated heterocycles. The summed E-state index contributed by atoms with van der Waals surface area (Å²) in [6, 6.07) is 6.37. The predicted octanol–water partition coefficient (Wildman–Crippen LogP) is 0.882. The smallest absolute Gasteiger partial charge is 0.148 e. The van der Waals surface area contributed by atoms with Crippen LogP contribution in [0.4, 0.5) is 5.69 Å². The number of nitrogens with one attached hydrogen (secondary N) is 1. The number of quaternary nitrogens is 1. The maximum absolute atomic E-state index is 12.2. The minimum Gasteiger partial charge on any atom is -1.00 e. The van der Waals surface area contributed by atoms with Crippen LogP contribution < -0.4 is 29.3 Å². The number of hydrogen-bond acceptors (Lipinski definition) is 3. The molecular weight excluding hydrogens is 463 g/mol. The van der Waals surface area contributed by atoms with Crippen LogP contribution in [0.5, 0.6) is 5.75 Å². The van der Waals surface area contributed by atoms with E-state index in [2.05, 4.69) is 31.3 Å². The molecule has 150 valence electrons. The normalized spacial score (nSPS) is 35.9. The first-order valence-corrected chi connectivity index (χ1v) is 10.4. The summed E-state index contributed by atoms with van der Waals surface area (Å²) in [6.45, 7) is 7.84. The number of carbonyl (C=O) groups is 1. The number of para-hydroxylation sites is 1. The number of carbonyl (C=O) groups excluding carboxylic acids is 1. The van der Waals surface area contributed by atoms with Gasteiger partial charge in [-0.1, -0.05) is 31.6 Å². The molecule has 2 unspecified atom stereocenters. The van der Waals surface area contributed by atoms with Crippen molar-refractivity contribution < 1.29 is 38.4 Å². The van der Waals surface area contributed by atoms with Gasteiger partial charge in [-0.2, -0.15) is 0 Å². The molecule has 1 spiro atoms. The molecule has 2 fully saturated rings. The van der Waals surface area contributed by atoms with E-state index < -0.39 is 0 Å². The summed E-state index contributed by atoms with van der Waals surface area (Å²) in [4.78, 5) is 12.2. The molecule has 0 aromatic heterocycles. The van der Waals surface area contributed by atoms with Crippen molar-refractivity contribution in [2.24, 2.45) is 5.92 Å². The zero-order valence-electron chi connectivity index (χ0n) is 16.7. The molecule has 5 heteroatoms. The predicted molar refractivity (Wildman–Crippen MR) is 107 cm³/mol. The highest BCUT2D eigenvalue weighted by molar-refractivity contribution is 5.85. The van der Waals surface area contributed by atoms with Crippen LogP contribution in [0.3, 0.4) is 0 Å². The first kappa shape index (κ1) is 20.0. The first-order valence-electron chi connectivity index (χ1n) is 10.4. The Hall–Kier alpha value is -1.34. The quantitative estimate of drug-likeness (QED) is 0.216. The zero-order chi connectivity index (χ0) is 18.8. The molecule has 3 aliphatic heterocycles. The van der Waals surface area contributed by atoms with Gasteiger partial charge in [0.15, 0.2) is 0 Å². The van der Waals surface area contributed by atoms with Crippen molar-refractivity contribution in [2.45, 2.75) is 51.0 Å². The van der Waals surface area contributed by atoms with Crippen molar-refractivity contribution in [3.63, 3.8) is 0 Å². The monoisotopic (exact) mass is 492 g/mol. The van der Waals surface area contributed by atoms with Gasteiger partial charge in [0.05, 0.1) is 24.2 Å². The lowest BCUT2D eigenvalue weighted by atomic mass is 9.61. The average Bonchev–Trinajstić information content (AvgIpc) is 3.21. The largest absolute Gasteiger partial charge is 1.00 e. The van der Waals surface area contributed by atoms with E-state index in [1.54, 1.807) is 6.07 Å². The van der Waals surface area contributed by atoms with Crippen LogP contribution in [0.1, 0.15) is 45.1 Å². The third-order valence-electron chi connectivity index (χ3n) is 7.92. The Labute approximate surface area is 184 Å². The lowest BCUT2D eigenvalue weighted by molar-refractivity contribution is -0.941. The van der Waals surface area contributed by atoms with Crippen molar-refractivity contribution in [1.82, 2.24) is 0 Å². The number of allylic oxidation sites excluding steroid dienone is 2. The fourth-order valence-corrected chi connectivity index (χ4v) is 6.76. The highest BCUT2D eigenvalue weighted by atomic mass is 127. The molecule has 4 atom stereocenters. The Balaban J connectivity index is 0.00000192. The number of anilines is 1. The molecule has 3 heterocycles. The number of rotatable bonds is 4. The van der Waals surface area contributed by atoms with E-state index in [0.717, 1.165) is 53.7 Å². The van der Waals surface area contributed by atoms with Crippen LogP contribution in [0.15, 0.2) is 41.1 Å². The Bertz CT molecular complexity index is 893. The van der Waals surface area contributed by atoms with Gasteiger partial charge >= 0.3 is 0 Å². The maximum Gasteiger partial charge on any atom is 0.148 e. The number of nitrogens with zero attached hydrogens (tertiary/aromatic N) is 1. The molecular formula is C23H29IN2O2. The molecule has 4 nitrogen and oxygen atoms in total. The Morgan fingerprint density at radius 1 is 1.39 bits per heavy atom. The van der Waals surface area contributed by atoms with Gasteiger partial charge in [0, 0.05) is 30.0 Å². The van der Waals surface area contributed by atoms with E-state index in [4.69, 9.17) is 0 Å². The maximum atomic E-state index is 12.2. The number of piperidine rings is 1. The number of benzene rings is 1. The van der Waals surface area contributed by atoms with E-state index in [1.807, 2.05) is 6.07 Å². The lowest BCUT2D eigenvalue weighted by Crippen LogP contribution is -3.00. The average molecular weight is 492 g/mol. The molecule has 2 bridgehead atoms. The summed E-state index contributed by atoms with van der Waals surface area (Å²) in [5.74, 6) is 0.531. The number of aromatic hydroxyl groups is 1. The summed E-state index contributed by atoms with van der Waals surface area (Å²) in [5.41, 5.74) is 5.34. The summed E-state index contributed by atoms with van der Waals surface area (Å²) in [7, 11) is 0. The molecule has 1 aliphatic carbocycles. The topological polar surface area (TPSA) is 49.3 Å². The Morgan fingerprint density at radius 3 is 2.93 bits per heavy atom. The standard InChI is InChI=1S/C23H28N2O2.HI/c1-3-5-10-25-11-9-23-18-7-6-8-19(27)21(18)24-22(23)17(14-26)16(12-20(23)25)15(4-2)13-25;/h4,6-8,14,16,20H,3,5,9-13H2,1-2H3,(H-,24,26,27);1H/b15-4-;/t16-,20-,23?,25?;/m0./s1. The van der Waals surface area contributed by atoms with E-state index in [1.165, 1.54) is 30.5 Å². The summed E-state index contributed by atoms with van der Waals surface area (Å²) in [6.07, 6.45) is 7.91. The van der Waals surface area contributed by atoms with Crippen LogP contribution in [-0.4, -0.2) is 41.6 Å². The van der Waals surface area contributed by atoms with E-state index in [0.29, 0.717) is 11.8 Å². The van der Waals surface area contributed by atoms with Crippen molar-refractivity contribution in [3.8, 4) is 5.75 Å². The van der Waals surface area contributed by atoms with Crippen molar-refractivity contribution in [2.75, 3.05) is 25.0 Å². The second kappa shape index (κ2) is 6.87. The van der Waals surface area contributed by atoms with Gasteiger partial charge < -0.3 is 38.9 Å². The minimum atomic E-state index is -0.131. The van der Waals surface area contributed by atoms with E-state index in [-0.39, 0.29) is 35.3 Å². The highest BCUT2D eigenvalue weighted by Gasteiger charge is 2.68. The van der Waals surface area contributed by atoms with Crippen LogP contribution in [-0.2, 0) is 10.2 Å². The van der Waals surface area contributed by atoms with Gasteiger partial charge in [-0.15, -0.1) is 0 Å². The Kier molecular flexibility index (Phi) is 4.90. The number of hydrogen-bond donors (Lipinski definition) is 2. The van der Waals surface area contributed by atoms with Gasteiger partial charge in [-0.3, -0.25) is 4.79 Å². The molecule has 4 aliphatic rings. The van der Waals surface area contributed by atoms with Gasteiger partial charge in [0.2, 0.25) is 0 Å². The van der Waals surface area contributed by atoms with Gasteiger partial charge in [-0.25, -0.2) is 0 Å². The SMILES string of the molecule is C/C=C1/C[N+]2(CCCC)CCC34C(=C(C=O)[C@H]1C[C@@H]32)Nc1c(O)cccc14.[I-]. The van der Waals surface area contributed by atoms with Crippen molar-refractivity contribution in [1.29, 1.82) is 0 Å². The number of halogens is 1. The fourth-order valence-electron chi connectivity index (χ4n) is 6.76. The number of aldehydes is 1. The van der Waals surface area contributed by atoms with Gasteiger partial charge in [-0.05, 0) is 30.5 Å². The number of phenolic OH excluding ortho intramolecular Hbond substituents is 1. The third-order valence-corrected chi connectivity index (χ3v) is 7.92.